The first-order chi connectivity index (χ1) is 14.0. The van der Waals surface area contributed by atoms with Gasteiger partial charge in [0.2, 0.25) is 0 Å². The molecule has 6 heteroatoms. The molecular weight excluding hydrogens is 368 g/mol. The number of rotatable bonds is 10. The van der Waals surface area contributed by atoms with Gasteiger partial charge in [-0.15, -0.1) is 0 Å². The Morgan fingerprint density at radius 2 is 1.69 bits per heavy atom. The van der Waals surface area contributed by atoms with Gasteiger partial charge in [0.05, 0.1) is 25.5 Å². The standard InChI is InChI=1S/C23H30N2O4/c1-6-28-20-13-12-19(14-21(20)29-7-2)22(16(3)4)25-23(26)18-10-8-17(9-11-18)15-24-27-5/h8-16,22H,6-7H2,1-5H3,(H,25,26)/b24-15+. The number of benzene rings is 2. The molecule has 0 radical (unpaired) electrons. The van der Waals surface area contributed by atoms with Crippen LogP contribution in [-0.2, 0) is 4.84 Å². The first-order valence-corrected chi connectivity index (χ1v) is 9.87. The lowest BCUT2D eigenvalue weighted by Crippen LogP contribution is -2.31. The van der Waals surface area contributed by atoms with Crippen molar-refractivity contribution >= 4 is 12.1 Å². The number of oxime groups is 1. The van der Waals surface area contributed by atoms with E-state index in [1.54, 1.807) is 18.3 Å². The number of hydrogen-bond donors (Lipinski definition) is 1. The van der Waals surface area contributed by atoms with Crippen molar-refractivity contribution in [2.75, 3.05) is 20.3 Å². The number of amides is 1. The molecule has 2 aromatic carbocycles. The van der Waals surface area contributed by atoms with E-state index in [2.05, 4.69) is 29.2 Å². The number of ether oxygens (including phenoxy) is 2. The molecule has 0 saturated heterocycles. The van der Waals surface area contributed by atoms with Crippen molar-refractivity contribution in [3.63, 3.8) is 0 Å². The molecule has 0 fully saturated rings. The zero-order chi connectivity index (χ0) is 21.2. The third-order valence-electron chi connectivity index (χ3n) is 4.36. The zero-order valence-corrected chi connectivity index (χ0v) is 17.8. The lowest BCUT2D eigenvalue weighted by molar-refractivity contribution is 0.0925. The molecule has 2 aromatic rings. The third kappa shape index (κ3) is 6.24. The first kappa shape index (κ1) is 22.3. The Hall–Kier alpha value is -3.02. The first-order valence-electron chi connectivity index (χ1n) is 9.87. The van der Waals surface area contributed by atoms with Crippen molar-refractivity contribution in [3.05, 3.63) is 59.2 Å². The summed E-state index contributed by atoms with van der Waals surface area (Å²) in [5.41, 5.74) is 2.42. The SMILES string of the molecule is CCOc1ccc(C(NC(=O)c2ccc(/C=N/OC)cc2)C(C)C)cc1OCC. The third-order valence-corrected chi connectivity index (χ3v) is 4.36. The molecular formula is C23H30N2O4. The van der Waals surface area contributed by atoms with E-state index >= 15 is 0 Å². The minimum absolute atomic E-state index is 0.134. The number of nitrogens with zero attached hydrogens (tertiary/aromatic N) is 1. The van der Waals surface area contributed by atoms with Gasteiger partial charge in [0.15, 0.2) is 11.5 Å². The van der Waals surface area contributed by atoms with Crippen LogP contribution < -0.4 is 14.8 Å². The van der Waals surface area contributed by atoms with E-state index in [0.29, 0.717) is 30.3 Å². The Morgan fingerprint density at radius 1 is 1.03 bits per heavy atom. The fraction of sp³-hybridized carbons (Fsp3) is 0.391. The molecule has 1 unspecified atom stereocenters. The molecule has 156 valence electrons. The zero-order valence-electron chi connectivity index (χ0n) is 17.8. The highest BCUT2D eigenvalue weighted by Crippen LogP contribution is 2.33. The van der Waals surface area contributed by atoms with E-state index in [0.717, 1.165) is 11.1 Å². The second kappa shape index (κ2) is 11.1. The molecule has 0 aromatic heterocycles. The van der Waals surface area contributed by atoms with Crippen LogP contribution in [0.2, 0.25) is 0 Å². The number of hydrogen-bond acceptors (Lipinski definition) is 5. The Morgan fingerprint density at radius 3 is 2.28 bits per heavy atom. The number of nitrogens with one attached hydrogen (secondary N) is 1. The maximum Gasteiger partial charge on any atom is 0.251 e. The summed E-state index contributed by atoms with van der Waals surface area (Å²) in [5, 5.41) is 6.86. The lowest BCUT2D eigenvalue weighted by atomic mass is 9.95. The Balaban J connectivity index is 2.22. The molecule has 1 N–H and O–H groups in total. The van der Waals surface area contributed by atoms with Crippen LogP contribution in [0.5, 0.6) is 11.5 Å². The van der Waals surface area contributed by atoms with Crippen molar-refractivity contribution in [3.8, 4) is 11.5 Å². The van der Waals surface area contributed by atoms with Gasteiger partial charge in [0.25, 0.3) is 5.91 Å². The van der Waals surface area contributed by atoms with Crippen LogP contribution in [0.4, 0.5) is 0 Å². The summed E-state index contributed by atoms with van der Waals surface area (Å²) >= 11 is 0. The summed E-state index contributed by atoms with van der Waals surface area (Å²) < 4.78 is 11.4. The fourth-order valence-electron chi connectivity index (χ4n) is 2.95. The molecule has 0 heterocycles. The van der Waals surface area contributed by atoms with Crippen LogP contribution in [0.15, 0.2) is 47.6 Å². The average Bonchev–Trinajstić information content (AvgIpc) is 2.72. The van der Waals surface area contributed by atoms with Crippen LogP contribution >= 0.6 is 0 Å². The molecule has 2 rings (SSSR count). The van der Waals surface area contributed by atoms with E-state index in [9.17, 15) is 4.79 Å². The minimum atomic E-state index is -0.160. The van der Waals surface area contributed by atoms with Crippen molar-refractivity contribution in [2.45, 2.75) is 33.7 Å². The van der Waals surface area contributed by atoms with Crippen molar-refractivity contribution in [1.29, 1.82) is 0 Å². The molecule has 1 amide bonds. The summed E-state index contributed by atoms with van der Waals surface area (Å²) in [6, 6.07) is 12.9. The summed E-state index contributed by atoms with van der Waals surface area (Å²) in [6.07, 6.45) is 1.59. The van der Waals surface area contributed by atoms with Gasteiger partial charge in [0, 0.05) is 5.56 Å². The highest BCUT2D eigenvalue weighted by Gasteiger charge is 2.21. The van der Waals surface area contributed by atoms with Gasteiger partial charge in [-0.2, -0.15) is 0 Å². The fourth-order valence-corrected chi connectivity index (χ4v) is 2.95. The Kier molecular flexibility index (Phi) is 8.52. The van der Waals surface area contributed by atoms with Crippen LogP contribution in [0.25, 0.3) is 0 Å². The second-order valence-corrected chi connectivity index (χ2v) is 6.81. The molecule has 0 bridgehead atoms. The van der Waals surface area contributed by atoms with Gasteiger partial charge in [0.1, 0.15) is 7.11 Å². The molecule has 6 nitrogen and oxygen atoms in total. The molecule has 0 spiro atoms. The molecule has 29 heavy (non-hydrogen) atoms. The molecule has 1 atom stereocenters. The molecule has 0 aliphatic heterocycles. The van der Waals surface area contributed by atoms with Gasteiger partial charge in [-0.3, -0.25) is 4.79 Å². The molecule has 0 saturated carbocycles. The Bertz CT molecular complexity index is 816. The van der Waals surface area contributed by atoms with E-state index in [1.807, 2.05) is 44.2 Å². The highest BCUT2D eigenvalue weighted by atomic mass is 16.6. The van der Waals surface area contributed by atoms with Crippen LogP contribution in [0, 0.1) is 5.92 Å². The molecule has 0 aliphatic rings. The van der Waals surface area contributed by atoms with Crippen molar-refractivity contribution < 1.29 is 19.1 Å². The van der Waals surface area contributed by atoms with Crippen LogP contribution in [0.3, 0.4) is 0 Å². The average molecular weight is 399 g/mol. The maximum atomic E-state index is 12.8. The van der Waals surface area contributed by atoms with Crippen molar-refractivity contribution in [1.82, 2.24) is 5.32 Å². The number of carbonyl (C=O) groups excluding carboxylic acids is 1. The van der Waals surface area contributed by atoms with Gasteiger partial charge < -0.3 is 19.6 Å². The summed E-state index contributed by atoms with van der Waals surface area (Å²) in [7, 11) is 1.49. The minimum Gasteiger partial charge on any atom is -0.490 e. The van der Waals surface area contributed by atoms with Crippen LogP contribution in [0.1, 0.15) is 55.2 Å². The topological polar surface area (TPSA) is 69.2 Å². The largest absolute Gasteiger partial charge is 0.490 e. The maximum absolute atomic E-state index is 12.8. The van der Waals surface area contributed by atoms with Gasteiger partial charge in [-0.1, -0.05) is 37.2 Å². The quantitative estimate of drug-likeness (QED) is 0.469. The smallest absolute Gasteiger partial charge is 0.251 e. The predicted octanol–water partition coefficient (Wildman–Crippen LogP) is 4.59. The summed E-state index contributed by atoms with van der Waals surface area (Å²) in [4.78, 5) is 17.5. The van der Waals surface area contributed by atoms with E-state index in [4.69, 9.17) is 9.47 Å². The normalized spacial score (nSPS) is 12.1. The molecule has 0 aliphatic carbocycles. The van der Waals surface area contributed by atoms with E-state index in [1.165, 1.54) is 7.11 Å². The summed E-state index contributed by atoms with van der Waals surface area (Å²) in [6.45, 7) is 9.13. The van der Waals surface area contributed by atoms with E-state index in [-0.39, 0.29) is 17.9 Å². The predicted molar refractivity (Wildman–Crippen MR) is 115 cm³/mol. The monoisotopic (exact) mass is 398 g/mol. The van der Waals surface area contributed by atoms with Gasteiger partial charge >= 0.3 is 0 Å². The van der Waals surface area contributed by atoms with Crippen LogP contribution in [-0.4, -0.2) is 32.4 Å². The van der Waals surface area contributed by atoms with E-state index < -0.39 is 0 Å². The summed E-state index contributed by atoms with van der Waals surface area (Å²) in [5.74, 6) is 1.46. The second-order valence-electron chi connectivity index (χ2n) is 6.81. The van der Waals surface area contributed by atoms with Crippen molar-refractivity contribution in [2.24, 2.45) is 11.1 Å². The van der Waals surface area contributed by atoms with Gasteiger partial charge in [-0.25, -0.2) is 0 Å². The van der Waals surface area contributed by atoms with Gasteiger partial charge in [-0.05, 0) is 55.2 Å². The Labute approximate surface area is 172 Å². The number of carbonyl (C=O) groups is 1. The lowest BCUT2D eigenvalue weighted by Gasteiger charge is -2.24. The highest BCUT2D eigenvalue weighted by molar-refractivity contribution is 5.95.